The standard InChI is InChI=1S/C15H21Br2NO/c1-9-4-5-14(10(9)2)18-8-11-6-12(16)7-13(17)15(11)19-3/h6-7,9-10,14,18H,4-5,8H2,1-3H3. The quantitative estimate of drug-likeness (QED) is 0.801. The van der Waals surface area contributed by atoms with Crippen molar-refractivity contribution in [3.63, 3.8) is 0 Å². The van der Waals surface area contributed by atoms with E-state index < -0.39 is 0 Å². The predicted molar refractivity (Wildman–Crippen MR) is 86.6 cm³/mol. The van der Waals surface area contributed by atoms with Crippen LogP contribution < -0.4 is 10.1 Å². The Morgan fingerprint density at radius 1 is 1.26 bits per heavy atom. The number of halogens is 2. The highest BCUT2D eigenvalue weighted by atomic mass is 79.9. The van der Waals surface area contributed by atoms with Gasteiger partial charge in [-0.15, -0.1) is 0 Å². The molecule has 1 saturated carbocycles. The number of nitrogens with one attached hydrogen (secondary N) is 1. The van der Waals surface area contributed by atoms with Crippen molar-refractivity contribution in [2.75, 3.05) is 7.11 Å². The fourth-order valence-corrected chi connectivity index (χ4v) is 4.34. The molecule has 1 aliphatic carbocycles. The van der Waals surface area contributed by atoms with Gasteiger partial charge in [-0.05, 0) is 52.7 Å². The summed E-state index contributed by atoms with van der Waals surface area (Å²) in [6, 6.07) is 4.76. The molecule has 106 valence electrons. The Labute approximate surface area is 132 Å². The van der Waals surface area contributed by atoms with Gasteiger partial charge in [-0.2, -0.15) is 0 Å². The molecule has 4 heteroatoms. The molecule has 1 aromatic rings. The number of hydrogen-bond acceptors (Lipinski definition) is 2. The number of benzene rings is 1. The first-order valence-electron chi connectivity index (χ1n) is 6.78. The van der Waals surface area contributed by atoms with Gasteiger partial charge in [-0.3, -0.25) is 0 Å². The van der Waals surface area contributed by atoms with Crippen molar-refractivity contribution in [2.24, 2.45) is 11.8 Å². The van der Waals surface area contributed by atoms with Crippen molar-refractivity contribution < 1.29 is 4.74 Å². The molecule has 0 aliphatic heterocycles. The van der Waals surface area contributed by atoms with E-state index in [1.54, 1.807) is 7.11 Å². The molecule has 0 spiro atoms. The van der Waals surface area contributed by atoms with Gasteiger partial charge in [0.05, 0.1) is 11.6 Å². The fourth-order valence-electron chi connectivity index (χ4n) is 2.87. The van der Waals surface area contributed by atoms with Crippen molar-refractivity contribution >= 4 is 31.9 Å². The third kappa shape index (κ3) is 3.53. The van der Waals surface area contributed by atoms with E-state index in [4.69, 9.17) is 4.74 Å². The van der Waals surface area contributed by atoms with E-state index in [1.165, 1.54) is 18.4 Å². The monoisotopic (exact) mass is 389 g/mol. The van der Waals surface area contributed by atoms with Crippen LogP contribution in [0.5, 0.6) is 5.75 Å². The van der Waals surface area contributed by atoms with Crippen LogP contribution in [0.25, 0.3) is 0 Å². The van der Waals surface area contributed by atoms with Crippen LogP contribution in [0.4, 0.5) is 0 Å². The lowest BCUT2D eigenvalue weighted by Gasteiger charge is -2.21. The van der Waals surface area contributed by atoms with Crippen LogP contribution >= 0.6 is 31.9 Å². The molecular formula is C15H21Br2NO. The molecule has 0 bridgehead atoms. The number of hydrogen-bond donors (Lipinski definition) is 1. The van der Waals surface area contributed by atoms with Gasteiger partial charge in [0, 0.05) is 22.6 Å². The van der Waals surface area contributed by atoms with Gasteiger partial charge in [-0.1, -0.05) is 29.8 Å². The van der Waals surface area contributed by atoms with Crippen LogP contribution in [0, 0.1) is 11.8 Å². The molecule has 0 radical (unpaired) electrons. The second kappa shape index (κ2) is 6.59. The number of rotatable bonds is 4. The summed E-state index contributed by atoms with van der Waals surface area (Å²) in [6.07, 6.45) is 2.61. The molecule has 1 aliphatic rings. The Bertz CT molecular complexity index is 450. The molecule has 1 aromatic carbocycles. The normalized spacial score (nSPS) is 26.7. The molecule has 2 nitrogen and oxygen atoms in total. The van der Waals surface area contributed by atoms with Crippen LogP contribution in [-0.2, 0) is 6.54 Å². The molecule has 0 amide bonds. The van der Waals surface area contributed by atoms with E-state index in [0.29, 0.717) is 6.04 Å². The molecule has 0 aromatic heterocycles. The lowest BCUT2D eigenvalue weighted by atomic mass is 9.97. The SMILES string of the molecule is COc1c(Br)cc(Br)cc1CNC1CCC(C)C1C. The van der Waals surface area contributed by atoms with Crippen molar-refractivity contribution in [1.29, 1.82) is 0 Å². The van der Waals surface area contributed by atoms with Gasteiger partial charge in [-0.25, -0.2) is 0 Å². The lowest BCUT2D eigenvalue weighted by molar-refractivity contribution is 0.363. The minimum absolute atomic E-state index is 0.623. The summed E-state index contributed by atoms with van der Waals surface area (Å²) in [5, 5.41) is 3.69. The minimum Gasteiger partial charge on any atom is -0.495 e. The maximum absolute atomic E-state index is 5.49. The molecule has 3 unspecified atom stereocenters. The Hall–Kier alpha value is -0.0600. The molecule has 3 atom stereocenters. The summed E-state index contributed by atoms with van der Waals surface area (Å²) in [6.45, 7) is 5.55. The lowest BCUT2D eigenvalue weighted by Crippen LogP contribution is -2.32. The van der Waals surface area contributed by atoms with Gasteiger partial charge < -0.3 is 10.1 Å². The van der Waals surface area contributed by atoms with E-state index in [0.717, 1.165) is 33.1 Å². The van der Waals surface area contributed by atoms with Gasteiger partial charge in [0.1, 0.15) is 5.75 Å². The predicted octanol–water partition coefficient (Wildman–Crippen LogP) is 4.74. The average molecular weight is 391 g/mol. The Morgan fingerprint density at radius 2 is 2.00 bits per heavy atom. The molecule has 0 saturated heterocycles. The summed E-state index contributed by atoms with van der Waals surface area (Å²) in [5.74, 6) is 2.50. The third-order valence-electron chi connectivity index (χ3n) is 4.31. The first-order chi connectivity index (χ1) is 9.02. The van der Waals surface area contributed by atoms with Gasteiger partial charge in [0.15, 0.2) is 0 Å². The summed E-state index contributed by atoms with van der Waals surface area (Å²) < 4.78 is 7.55. The Balaban J connectivity index is 2.07. The van der Waals surface area contributed by atoms with Crippen LogP contribution in [0.3, 0.4) is 0 Å². The van der Waals surface area contributed by atoms with Gasteiger partial charge in [0.25, 0.3) is 0 Å². The second-order valence-electron chi connectivity index (χ2n) is 5.48. The molecule has 2 rings (SSSR count). The van der Waals surface area contributed by atoms with Crippen LogP contribution in [-0.4, -0.2) is 13.2 Å². The number of methoxy groups -OCH3 is 1. The molecular weight excluding hydrogens is 370 g/mol. The maximum Gasteiger partial charge on any atom is 0.137 e. The largest absolute Gasteiger partial charge is 0.495 e. The molecule has 19 heavy (non-hydrogen) atoms. The van der Waals surface area contributed by atoms with Crippen molar-refractivity contribution in [1.82, 2.24) is 5.32 Å². The average Bonchev–Trinajstić information content (AvgIpc) is 2.67. The van der Waals surface area contributed by atoms with Crippen LogP contribution in [0.15, 0.2) is 21.1 Å². The summed E-state index contributed by atoms with van der Waals surface area (Å²) in [5.41, 5.74) is 1.19. The highest BCUT2D eigenvalue weighted by Gasteiger charge is 2.29. The molecule has 1 fully saturated rings. The summed E-state index contributed by atoms with van der Waals surface area (Å²) in [4.78, 5) is 0. The molecule has 0 heterocycles. The second-order valence-corrected chi connectivity index (χ2v) is 7.25. The van der Waals surface area contributed by atoms with Crippen LogP contribution in [0.1, 0.15) is 32.3 Å². The Morgan fingerprint density at radius 3 is 2.58 bits per heavy atom. The zero-order valence-electron chi connectivity index (χ0n) is 11.7. The van der Waals surface area contributed by atoms with E-state index >= 15 is 0 Å². The topological polar surface area (TPSA) is 21.3 Å². The third-order valence-corrected chi connectivity index (χ3v) is 5.36. The zero-order valence-corrected chi connectivity index (χ0v) is 14.8. The maximum atomic E-state index is 5.49. The smallest absolute Gasteiger partial charge is 0.137 e. The highest BCUT2D eigenvalue weighted by Crippen LogP contribution is 2.34. The van der Waals surface area contributed by atoms with Crippen LogP contribution in [0.2, 0.25) is 0 Å². The van der Waals surface area contributed by atoms with Gasteiger partial charge in [0.2, 0.25) is 0 Å². The Kier molecular flexibility index (Phi) is 5.32. The van der Waals surface area contributed by atoms with E-state index in [2.05, 4.69) is 57.1 Å². The highest BCUT2D eigenvalue weighted by molar-refractivity contribution is 9.11. The van der Waals surface area contributed by atoms with E-state index in [-0.39, 0.29) is 0 Å². The van der Waals surface area contributed by atoms with Crippen molar-refractivity contribution in [3.05, 3.63) is 26.6 Å². The van der Waals surface area contributed by atoms with Crippen molar-refractivity contribution in [3.8, 4) is 5.75 Å². The summed E-state index contributed by atoms with van der Waals surface area (Å²) in [7, 11) is 1.72. The van der Waals surface area contributed by atoms with Crippen molar-refractivity contribution in [2.45, 2.75) is 39.3 Å². The fraction of sp³-hybridized carbons (Fsp3) is 0.600. The zero-order chi connectivity index (χ0) is 14.0. The minimum atomic E-state index is 0.623. The van der Waals surface area contributed by atoms with Gasteiger partial charge >= 0.3 is 0 Å². The van der Waals surface area contributed by atoms with E-state index in [9.17, 15) is 0 Å². The summed E-state index contributed by atoms with van der Waals surface area (Å²) >= 11 is 7.09. The molecule has 1 N–H and O–H groups in total. The first kappa shape index (κ1) is 15.3. The first-order valence-corrected chi connectivity index (χ1v) is 8.36. The number of ether oxygens (including phenoxy) is 1. The van der Waals surface area contributed by atoms with E-state index in [1.807, 2.05) is 6.07 Å².